The predicted octanol–water partition coefficient (Wildman–Crippen LogP) is 1.54. The minimum atomic E-state index is -0.657. The van der Waals surface area contributed by atoms with Crippen LogP contribution in [0.4, 0.5) is 0 Å². The number of benzene rings is 1. The zero-order chi connectivity index (χ0) is 13.7. The molecule has 0 bridgehead atoms. The van der Waals surface area contributed by atoms with Crippen LogP contribution in [-0.4, -0.2) is 46.3 Å². The van der Waals surface area contributed by atoms with E-state index in [-0.39, 0.29) is 19.0 Å². The minimum absolute atomic E-state index is 0.162. The van der Waals surface area contributed by atoms with Crippen molar-refractivity contribution >= 4 is 17.5 Å². The number of carbonyl (C=O) groups excluding carboxylic acids is 1. The number of halogens is 1. The van der Waals surface area contributed by atoms with Gasteiger partial charge in [-0.05, 0) is 26.0 Å². The van der Waals surface area contributed by atoms with Crippen molar-refractivity contribution in [3.05, 3.63) is 34.9 Å². The summed E-state index contributed by atoms with van der Waals surface area (Å²) in [6.45, 7) is 3.51. The lowest BCUT2D eigenvalue weighted by molar-refractivity contribution is 0.0518. The van der Waals surface area contributed by atoms with Gasteiger partial charge in [-0.3, -0.25) is 4.79 Å². The van der Waals surface area contributed by atoms with E-state index in [9.17, 15) is 15.0 Å². The molecule has 0 radical (unpaired) electrons. The van der Waals surface area contributed by atoms with E-state index < -0.39 is 12.2 Å². The molecule has 0 saturated carbocycles. The van der Waals surface area contributed by atoms with Crippen LogP contribution in [0.25, 0.3) is 0 Å². The lowest BCUT2D eigenvalue weighted by Crippen LogP contribution is -2.40. The van der Waals surface area contributed by atoms with Crippen molar-refractivity contribution in [2.75, 3.05) is 13.1 Å². The fraction of sp³-hybridized carbons (Fsp3) is 0.462. The molecule has 2 atom stereocenters. The number of hydrogen-bond acceptors (Lipinski definition) is 3. The molecule has 0 aliphatic rings. The standard InChI is InChI=1S/C13H18ClNO3/c1-9(16)7-15(8-10(2)17)13(18)11-5-3-4-6-12(11)14/h3-6,9-10,16-17H,7-8H2,1-2H3. The molecule has 0 aromatic heterocycles. The Hall–Kier alpha value is -1.10. The Morgan fingerprint density at radius 2 is 1.72 bits per heavy atom. The van der Waals surface area contributed by atoms with Crippen molar-refractivity contribution in [3.63, 3.8) is 0 Å². The van der Waals surface area contributed by atoms with Gasteiger partial charge in [0.2, 0.25) is 0 Å². The van der Waals surface area contributed by atoms with Crippen LogP contribution in [0.1, 0.15) is 24.2 Å². The van der Waals surface area contributed by atoms with Gasteiger partial charge >= 0.3 is 0 Å². The first kappa shape index (κ1) is 15.0. The zero-order valence-corrected chi connectivity index (χ0v) is 11.3. The molecule has 2 N–H and O–H groups in total. The van der Waals surface area contributed by atoms with Gasteiger partial charge in [-0.15, -0.1) is 0 Å². The molecule has 18 heavy (non-hydrogen) atoms. The maximum Gasteiger partial charge on any atom is 0.255 e. The van der Waals surface area contributed by atoms with Gasteiger partial charge in [0.15, 0.2) is 0 Å². The van der Waals surface area contributed by atoms with Gasteiger partial charge in [0, 0.05) is 13.1 Å². The first-order valence-electron chi connectivity index (χ1n) is 5.81. The van der Waals surface area contributed by atoms with Crippen molar-refractivity contribution in [3.8, 4) is 0 Å². The molecule has 4 nitrogen and oxygen atoms in total. The van der Waals surface area contributed by atoms with E-state index in [1.165, 1.54) is 4.90 Å². The molecular formula is C13H18ClNO3. The summed E-state index contributed by atoms with van der Waals surface area (Å²) >= 11 is 5.96. The highest BCUT2D eigenvalue weighted by Crippen LogP contribution is 2.17. The molecule has 2 unspecified atom stereocenters. The summed E-state index contributed by atoms with van der Waals surface area (Å²) in [4.78, 5) is 13.7. The second-order valence-corrected chi connectivity index (χ2v) is 4.80. The molecule has 1 aromatic carbocycles. The van der Waals surface area contributed by atoms with Crippen LogP contribution in [0.3, 0.4) is 0 Å². The van der Waals surface area contributed by atoms with Crippen LogP contribution in [-0.2, 0) is 0 Å². The van der Waals surface area contributed by atoms with Crippen molar-refractivity contribution in [2.24, 2.45) is 0 Å². The molecule has 1 rings (SSSR count). The molecule has 0 heterocycles. The summed E-state index contributed by atoms with van der Waals surface area (Å²) in [6, 6.07) is 6.73. The average Bonchev–Trinajstić information content (AvgIpc) is 2.26. The van der Waals surface area contributed by atoms with Crippen LogP contribution in [0.15, 0.2) is 24.3 Å². The van der Waals surface area contributed by atoms with E-state index in [1.54, 1.807) is 38.1 Å². The molecular weight excluding hydrogens is 254 g/mol. The van der Waals surface area contributed by atoms with Crippen molar-refractivity contribution < 1.29 is 15.0 Å². The van der Waals surface area contributed by atoms with Gasteiger partial charge in [-0.2, -0.15) is 0 Å². The Kier molecular flexibility index (Phi) is 5.59. The van der Waals surface area contributed by atoms with Gasteiger partial charge in [0.25, 0.3) is 5.91 Å². The number of nitrogens with zero attached hydrogens (tertiary/aromatic N) is 1. The summed E-state index contributed by atoms with van der Waals surface area (Å²) in [5.74, 6) is -0.289. The van der Waals surface area contributed by atoms with Crippen molar-refractivity contribution in [2.45, 2.75) is 26.1 Å². The number of aliphatic hydroxyl groups excluding tert-OH is 2. The SMILES string of the molecule is CC(O)CN(CC(C)O)C(=O)c1ccccc1Cl. The average molecular weight is 272 g/mol. The predicted molar refractivity (Wildman–Crippen MR) is 70.7 cm³/mol. The Balaban J connectivity index is 2.91. The molecule has 0 saturated heterocycles. The molecule has 0 spiro atoms. The Labute approximate surface area is 112 Å². The monoisotopic (exact) mass is 271 g/mol. The molecule has 0 aliphatic heterocycles. The maximum atomic E-state index is 12.3. The summed E-state index contributed by atoms with van der Waals surface area (Å²) in [6.07, 6.45) is -1.31. The summed E-state index contributed by atoms with van der Waals surface area (Å²) in [7, 11) is 0. The Morgan fingerprint density at radius 3 is 2.17 bits per heavy atom. The molecule has 0 fully saturated rings. The zero-order valence-electron chi connectivity index (χ0n) is 10.5. The quantitative estimate of drug-likeness (QED) is 0.854. The van der Waals surface area contributed by atoms with Crippen LogP contribution >= 0.6 is 11.6 Å². The number of hydrogen-bond donors (Lipinski definition) is 2. The lowest BCUT2D eigenvalue weighted by atomic mass is 10.1. The first-order valence-corrected chi connectivity index (χ1v) is 6.19. The van der Waals surface area contributed by atoms with Crippen LogP contribution in [0.2, 0.25) is 5.02 Å². The van der Waals surface area contributed by atoms with E-state index >= 15 is 0 Å². The number of carbonyl (C=O) groups is 1. The van der Waals surface area contributed by atoms with E-state index in [4.69, 9.17) is 11.6 Å². The van der Waals surface area contributed by atoms with Crippen LogP contribution in [0.5, 0.6) is 0 Å². The van der Waals surface area contributed by atoms with E-state index in [1.807, 2.05) is 0 Å². The third-order valence-corrected chi connectivity index (χ3v) is 2.69. The van der Waals surface area contributed by atoms with Gasteiger partial charge in [0.05, 0.1) is 22.8 Å². The summed E-state index contributed by atoms with van der Waals surface area (Å²) in [5, 5.41) is 19.1. The highest BCUT2D eigenvalue weighted by Gasteiger charge is 2.20. The largest absolute Gasteiger partial charge is 0.392 e. The van der Waals surface area contributed by atoms with Crippen molar-refractivity contribution in [1.29, 1.82) is 0 Å². The van der Waals surface area contributed by atoms with Gasteiger partial charge in [-0.25, -0.2) is 0 Å². The molecule has 1 amide bonds. The topological polar surface area (TPSA) is 60.8 Å². The highest BCUT2D eigenvalue weighted by molar-refractivity contribution is 6.33. The second kappa shape index (κ2) is 6.73. The minimum Gasteiger partial charge on any atom is -0.392 e. The lowest BCUT2D eigenvalue weighted by Gasteiger charge is -2.25. The van der Waals surface area contributed by atoms with E-state index in [0.717, 1.165) is 0 Å². The van der Waals surface area contributed by atoms with E-state index in [2.05, 4.69) is 0 Å². The smallest absolute Gasteiger partial charge is 0.255 e. The molecule has 100 valence electrons. The molecule has 5 heteroatoms. The Morgan fingerprint density at radius 1 is 1.22 bits per heavy atom. The van der Waals surface area contributed by atoms with Gasteiger partial charge in [-0.1, -0.05) is 23.7 Å². The fourth-order valence-corrected chi connectivity index (χ4v) is 1.90. The van der Waals surface area contributed by atoms with Gasteiger partial charge < -0.3 is 15.1 Å². The van der Waals surface area contributed by atoms with E-state index in [0.29, 0.717) is 10.6 Å². The van der Waals surface area contributed by atoms with Crippen LogP contribution < -0.4 is 0 Å². The summed E-state index contributed by atoms with van der Waals surface area (Å²) in [5.41, 5.74) is 0.375. The number of amides is 1. The highest BCUT2D eigenvalue weighted by atomic mass is 35.5. The second-order valence-electron chi connectivity index (χ2n) is 4.39. The third kappa shape index (κ3) is 4.29. The fourth-order valence-electron chi connectivity index (χ4n) is 1.68. The molecule has 0 aliphatic carbocycles. The normalized spacial score (nSPS) is 14.1. The van der Waals surface area contributed by atoms with Crippen molar-refractivity contribution in [1.82, 2.24) is 4.90 Å². The first-order chi connectivity index (χ1) is 8.41. The van der Waals surface area contributed by atoms with Gasteiger partial charge in [0.1, 0.15) is 0 Å². The van der Waals surface area contributed by atoms with Crippen LogP contribution in [0, 0.1) is 0 Å². The number of aliphatic hydroxyl groups is 2. The third-order valence-electron chi connectivity index (χ3n) is 2.36. The molecule has 1 aromatic rings. The Bertz CT molecular complexity index is 397. The number of rotatable bonds is 5. The summed E-state index contributed by atoms with van der Waals surface area (Å²) < 4.78 is 0. The maximum absolute atomic E-state index is 12.3.